The minimum atomic E-state index is -0.0255. The van der Waals surface area contributed by atoms with E-state index in [1.165, 1.54) is 0 Å². The molecule has 1 aromatic rings. The van der Waals surface area contributed by atoms with Crippen LogP contribution >= 0.6 is 0 Å². The molecule has 5 heteroatoms. The molecule has 0 saturated heterocycles. The largest absolute Gasteiger partial charge is 0.359 e. The zero-order valence-electron chi connectivity index (χ0n) is 11.5. The van der Waals surface area contributed by atoms with Crippen molar-refractivity contribution in [3.63, 3.8) is 0 Å². The van der Waals surface area contributed by atoms with Crippen LogP contribution in [0, 0.1) is 0 Å². The van der Waals surface area contributed by atoms with Crippen LogP contribution in [0.4, 0.5) is 5.69 Å². The fourth-order valence-corrected chi connectivity index (χ4v) is 1.58. The van der Waals surface area contributed by atoms with Crippen molar-refractivity contribution < 1.29 is 9.59 Å². The molecule has 2 amide bonds. The van der Waals surface area contributed by atoms with Gasteiger partial charge in [0.2, 0.25) is 11.8 Å². The number of carbonyl (C=O) groups excluding carboxylic acids is 2. The van der Waals surface area contributed by atoms with E-state index in [1.807, 2.05) is 31.2 Å². The third-order valence-electron chi connectivity index (χ3n) is 2.66. The average molecular weight is 263 g/mol. The Hall–Kier alpha value is -1.88. The Labute approximate surface area is 113 Å². The quantitative estimate of drug-likeness (QED) is 0.640. The first-order valence-corrected chi connectivity index (χ1v) is 6.45. The summed E-state index contributed by atoms with van der Waals surface area (Å²) in [5.74, 6) is -0.0394. The standard InChI is InChI=1S/C14H21N3O2/c1-3-16-9-8-13(18)17-12-6-4-11(5-7-12)10-14(19)15-2/h4-7,16H,3,8-10H2,1-2H3,(H,15,19)(H,17,18). The Bertz CT molecular complexity index is 415. The molecule has 1 aromatic carbocycles. The number of nitrogens with one attached hydrogen (secondary N) is 3. The van der Waals surface area contributed by atoms with Gasteiger partial charge in [0.05, 0.1) is 6.42 Å². The highest BCUT2D eigenvalue weighted by molar-refractivity contribution is 5.90. The number of benzene rings is 1. The number of carbonyl (C=O) groups is 2. The molecule has 0 saturated carbocycles. The van der Waals surface area contributed by atoms with E-state index < -0.39 is 0 Å². The SMILES string of the molecule is CCNCCC(=O)Nc1ccc(CC(=O)NC)cc1. The molecule has 0 atom stereocenters. The third-order valence-corrected chi connectivity index (χ3v) is 2.66. The van der Waals surface area contributed by atoms with Crippen LogP contribution in [-0.2, 0) is 16.0 Å². The highest BCUT2D eigenvalue weighted by atomic mass is 16.2. The van der Waals surface area contributed by atoms with Gasteiger partial charge < -0.3 is 16.0 Å². The molecular weight excluding hydrogens is 242 g/mol. The van der Waals surface area contributed by atoms with Gasteiger partial charge in [0.25, 0.3) is 0 Å². The summed E-state index contributed by atoms with van der Waals surface area (Å²) < 4.78 is 0. The lowest BCUT2D eigenvalue weighted by Gasteiger charge is -2.06. The molecule has 0 radical (unpaired) electrons. The van der Waals surface area contributed by atoms with Gasteiger partial charge in [-0.3, -0.25) is 9.59 Å². The van der Waals surface area contributed by atoms with Crippen LogP contribution in [0.25, 0.3) is 0 Å². The van der Waals surface area contributed by atoms with Gasteiger partial charge in [-0.05, 0) is 24.2 Å². The normalized spacial score (nSPS) is 10.0. The minimum absolute atomic E-state index is 0.0139. The van der Waals surface area contributed by atoms with E-state index in [9.17, 15) is 9.59 Å². The molecule has 0 unspecified atom stereocenters. The summed E-state index contributed by atoms with van der Waals surface area (Å²) in [5.41, 5.74) is 1.67. The first-order valence-electron chi connectivity index (χ1n) is 6.45. The molecule has 1 rings (SSSR count). The highest BCUT2D eigenvalue weighted by Crippen LogP contribution is 2.10. The van der Waals surface area contributed by atoms with Crippen LogP contribution in [0.2, 0.25) is 0 Å². The Morgan fingerprint density at radius 2 is 1.79 bits per heavy atom. The third kappa shape index (κ3) is 6.01. The van der Waals surface area contributed by atoms with Gasteiger partial charge in [-0.15, -0.1) is 0 Å². The second kappa shape index (κ2) is 8.26. The number of hydrogen-bond acceptors (Lipinski definition) is 3. The van der Waals surface area contributed by atoms with Gasteiger partial charge in [-0.25, -0.2) is 0 Å². The Morgan fingerprint density at radius 3 is 2.37 bits per heavy atom. The van der Waals surface area contributed by atoms with Crippen molar-refractivity contribution in [2.75, 3.05) is 25.5 Å². The van der Waals surface area contributed by atoms with Gasteiger partial charge in [-0.2, -0.15) is 0 Å². The molecule has 0 fully saturated rings. The second-order valence-corrected chi connectivity index (χ2v) is 4.20. The first-order chi connectivity index (χ1) is 9.15. The Balaban J connectivity index is 2.43. The number of likely N-dealkylation sites (N-methyl/N-ethyl adjacent to an activating group) is 1. The summed E-state index contributed by atoms with van der Waals surface area (Å²) in [6.07, 6.45) is 0.805. The first kappa shape index (κ1) is 15.2. The van der Waals surface area contributed by atoms with Crippen LogP contribution in [0.1, 0.15) is 18.9 Å². The highest BCUT2D eigenvalue weighted by Gasteiger charge is 2.03. The van der Waals surface area contributed by atoms with Crippen molar-refractivity contribution in [2.24, 2.45) is 0 Å². The van der Waals surface area contributed by atoms with Crippen LogP contribution in [0.5, 0.6) is 0 Å². The lowest BCUT2D eigenvalue weighted by Crippen LogP contribution is -2.21. The van der Waals surface area contributed by atoms with Crippen molar-refractivity contribution in [1.29, 1.82) is 0 Å². The van der Waals surface area contributed by atoms with Gasteiger partial charge in [0, 0.05) is 25.7 Å². The molecule has 0 heterocycles. The van der Waals surface area contributed by atoms with Crippen molar-refractivity contribution in [2.45, 2.75) is 19.8 Å². The predicted octanol–water partition coefficient (Wildman–Crippen LogP) is 0.913. The fraction of sp³-hybridized carbons (Fsp3) is 0.429. The van der Waals surface area contributed by atoms with Crippen molar-refractivity contribution in [3.8, 4) is 0 Å². The van der Waals surface area contributed by atoms with E-state index in [0.29, 0.717) is 19.4 Å². The van der Waals surface area contributed by atoms with Gasteiger partial charge in [0.15, 0.2) is 0 Å². The molecule has 0 aliphatic rings. The molecule has 104 valence electrons. The van der Waals surface area contributed by atoms with Crippen molar-refractivity contribution >= 4 is 17.5 Å². The second-order valence-electron chi connectivity index (χ2n) is 4.20. The van der Waals surface area contributed by atoms with Crippen molar-refractivity contribution in [1.82, 2.24) is 10.6 Å². The topological polar surface area (TPSA) is 70.2 Å². The van der Waals surface area contributed by atoms with Crippen LogP contribution in [0.3, 0.4) is 0 Å². The molecule has 3 N–H and O–H groups in total. The van der Waals surface area contributed by atoms with E-state index in [4.69, 9.17) is 0 Å². The zero-order valence-corrected chi connectivity index (χ0v) is 11.5. The van der Waals surface area contributed by atoms with Crippen LogP contribution < -0.4 is 16.0 Å². The summed E-state index contributed by atoms with van der Waals surface area (Å²) >= 11 is 0. The van der Waals surface area contributed by atoms with Crippen molar-refractivity contribution in [3.05, 3.63) is 29.8 Å². The summed E-state index contributed by atoms with van der Waals surface area (Å²) in [6.45, 7) is 3.54. The lowest BCUT2D eigenvalue weighted by atomic mass is 10.1. The summed E-state index contributed by atoms with van der Waals surface area (Å²) in [5, 5.41) is 8.49. The predicted molar refractivity (Wildman–Crippen MR) is 76.0 cm³/mol. The smallest absolute Gasteiger partial charge is 0.225 e. The van der Waals surface area contributed by atoms with Crippen LogP contribution in [-0.4, -0.2) is 32.0 Å². The molecule has 0 bridgehead atoms. The molecule has 19 heavy (non-hydrogen) atoms. The number of hydrogen-bond donors (Lipinski definition) is 3. The molecule has 0 aromatic heterocycles. The van der Waals surface area contributed by atoms with E-state index in [2.05, 4.69) is 16.0 Å². The molecule has 0 spiro atoms. The average Bonchev–Trinajstić information content (AvgIpc) is 2.41. The number of anilines is 1. The van der Waals surface area contributed by atoms with E-state index in [0.717, 1.165) is 17.8 Å². The lowest BCUT2D eigenvalue weighted by molar-refractivity contribution is -0.120. The number of amides is 2. The van der Waals surface area contributed by atoms with Gasteiger partial charge in [0.1, 0.15) is 0 Å². The van der Waals surface area contributed by atoms with Crippen LogP contribution in [0.15, 0.2) is 24.3 Å². The van der Waals surface area contributed by atoms with E-state index in [-0.39, 0.29) is 11.8 Å². The fourth-order valence-electron chi connectivity index (χ4n) is 1.58. The maximum Gasteiger partial charge on any atom is 0.225 e. The van der Waals surface area contributed by atoms with E-state index >= 15 is 0 Å². The maximum atomic E-state index is 11.6. The molecule has 0 aliphatic carbocycles. The molecule has 0 aliphatic heterocycles. The molecule has 5 nitrogen and oxygen atoms in total. The summed E-state index contributed by atoms with van der Waals surface area (Å²) in [6, 6.07) is 7.30. The number of rotatable bonds is 7. The van der Waals surface area contributed by atoms with Gasteiger partial charge in [-0.1, -0.05) is 19.1 Å². The summed E-state index contributed by atoms with van der Waals surface area (Å²) in [7, 11) is 1.61. The molecular formula is C14H21N3O2. The minimum Gasteiger partial charge on any atom is -0.359 e. The Morgan fingerprint density at radius 1 is 1.11 bits per heavy atom. The monoisotopic (exact) mass is 263 g/mol. The summed E-state index contributed by atoms with van der Waals surface area (Å²) in [4.78, 5) is 22.8. The maximum absolute atomic E-state index is 11.6. The van der Waals surface area contributed by atoms with E-state index in [1.54, 1.807) is 7.05 Å². The Kier molecular flexibility index (Phi) is 6.60. The van der Waals surface area contributed by atoms with Gasteiger partial charge >= 0.3 is 0 Å². The zero-order chi connectivity index (χ0) is 14.1.